The first-order chi connectivity index (χ1) is 16.9. The number of nitrogens with two attached hydrogens (primary N) is 1. The van der Waals surface area contributed by atoms with Crippen molar-refractivity contribution in [1.29, 1.82) is 0 Å². The van der Waals surface area contributed by atoms with Crippen LogP contribution in [0.25, 0.3) is 0 Å². The van der Waals surface area contributed by atoms with Crippen LogP contribution in [0.4, 0.5) is 19.7 Å². The van der Waals surface area contributed by atoms with Crippen LogP contribution in [0.5, 0.6) is 0 Å². The highest BCUT2D eigenvalue weighted by atomic mass is 35.5. The van der Waals surface area contributed by atoms with Crippen LogP contribution in [-0.2, 0) is 33.6 Å². The summed E-state index contributed by atoms with van der Waals surface area (Å²) >= 11 is 0. The fraction of sp³-hybridized carbons (Fsp3) is 0.545. The highest BCUT2D eigenvalue weighted by Crippen LogP contribution is 2.33. The smallest absolute Gasteiger partial charge is 0.419 e. The van der Waals surface area contributed by atoms with E-state index in [0.717, 1.165) is 11.8 Å². The Morgan fingerprint density at radius 3 is 2.46 bits per heavy atom. The molecule has 0 unspecified atom stereocenters. The van der Waals surface area contributed by atoms with Gasteiger partial charge in [0.15, 0.2) is 0 Å². The minimum atomic E-state index is -3.09. The van der Waals surface area contributed by atoms with E-state index in [-0.39, 0.29) is 48.6 Å². The van der Waals surface area contributed by atoms with Crippen molar-refractivity contribution in [3.05, 3.63) is 29.6 Å². The molecule has 0 spiro atoms. The lowest BCUT2D eigenvalue weighted by Gasteiger charge is -2.23. The molecule has 2 atom stereocenters. The number of hydrogen-bond donors (Lipinski definition) is 1. The van der Waals surface area contributed by atoms with E-state index in [4.69, 9.17) is 15.2 Å². The SMILES string of the molecule is CC(=O)N(C[C@H]1CN(c2ccc(C3CCS(=O)(=O)CC3)c(F)c2)C(=O)O1)C(=O)OCOC(=O)[C@H](C)N.Cl. The third-order valence-electron chi connectivity index (χ3n) is 5.91. The van der Waals surface area contributed by atoms with Crippen LogP contribution in [0.15, 0.2) is 18.2 Å². The van der Waals surface area contributed by atoms with E-state index in [0.29, 0.717) is 23.3 Å². The zero-order valence-electron chi connectivity index (χ0n) is 20.3. The Labute approximate surface area is 219 Å². The number of esters is 1. The first-order valence-corrected chi connectivity index (χ1v) is 13.0. The van der Waals surface area contributed by atoms with Crippen molar-refractivity contribution < 1.29 is 46.2 Å². The van der Waals surface area contributed by atoms with Crippen LogP contribution in [0.1, 0.15) is 38.2 Å². The molecule has 2 saturated heterocycles. The monoisotopic (exact) mass is 565 g/mol. The van der Waals surface area contributed by atoms with Crippen molar-refractivity contribution >= 4 is 52.0 Å². The molecule has 2 fully saturated rings. The Hall–Kier alpha value is -2.97. The molecule has 1 aromatic carbocycles. The minimum absolute atomic E-state index is 0. The first-order valence-electron chi connectivity index (χ1n) is 11.2. The lowest BCUT2D eigenvalue weighted by molar-refractivity contribution is -0.153. The second-order valence-corrected chi connectivity index (χ2v) is 11.0. The molecule has 15 heteroatoms. The van der Waals surface area contributed by atoms with Crippen molar-refractivity contribution in [1.82, 2.24) is 4.90 Å². The van der Waals surface area contributed by atoms with Gasteiger partial charge in [0.05, 0.1) is 30.3 Å². The van der Waals surface area contributed by atoms with E-state index < -0.39 is 58.7 Å². The van der Waals surface area contributed by atoms with Crippen LogP contribution >= 0.6 is 12.4 Å². The average molecular weight is 566 g/mol. The molecule has 1 aromatic rings. The topological polar surface area (TPSA) is 163 Å². The van der Waals surface area contributed by atoms with Crippen molar-refractivity contribution in [2.45, 2.75) is 44.8 Å². The predicted molar refractivity (Wildman–Crippen MR) is 130 cm³/mol. The summed E-state index contributed by atoms with van der Waals surface area (Å²) in [4.78, 5) is 49.8. The summed E-state index contributed by atoms with van der Waals surface area (Å²) in [5, 5.41) is 0. The zero-order chi connectivity index (χ0) is 26.6. The number of benzene rings is 1. The Bertz CT molecular complexity index is 1130. The Morgan fingerprint density at radius 1 is 1.24 bits per heavy atom. The van der Waals surface area contributed by atoms with Gasteiger partial charge in [-0.2, -0.15) is 0 Å². The van der Waals surface area contributed by atoms with Crippen LogP contribution in [0, 0.1) is 5.82 Å². The van der Waals surface area contributed by atoms with Gasteiger partial charge < -0.3 is 19.9 Å². The fourth-order valence-corrected chi connectivity index (χ4v) is 5.42. The van der Waals surface area contributed by atoms with E-state index in [9.17, 15) is 32.0 Å². The lowest BCUT2D eigenvalue weighted by atomic mass is 9.93. The molecule has 0 bridgehead atoms. The third-order valence-corrected chi connectivity index (χ3v) is 7.62. The number of nitrogens with zero attached hydrogens (tertiary/aromatic N) is 2. The maximum Gasteiger partial charge on any atom is 0.419 e. The maximum absolute atomic E-state index is 14.9. The summed E-state index contributed by atoms with van der Waals surface area (Å²) in [5.41, 5.74) is 5.93. The third kappa shape index (κ3) is 7.76. The van der Waals surface area contributed by atoms with Gasteiger partial charge in [-0.25, -0.2) is 27.3 Å². The largest absolute Gasteiger partial charge is 0.442 e. The van der Waals surface area contributed by atoms with Gasteiger partial charge >= 0.3 is 18.2 Å². The quantitative estimate of drug-likeness (QED) is 0.380. The minimum Gasteiger partial charge on any atom is -0.442 e. The summed E-state index contributed by atoms with van der Waals surface area (Å²) in [5.74, 6) is -2.29. The fourth-order valence-electron chi connectivity index (χ4n) is 3.93. The maximum atomic E-state index is 14.9. The van der Waals surface area contributed by atoms with Gasteiger partial charge in [-0.05, 0) is 43.4 Å². The molecule has 0 aromatic heterocycles. The molecule has 2 aliphatic heterocycles. The van der Waals surface area contributed by atoms with Gasteiger partial charge in [-0.1, -0.05) is 6.07 Å². The summed E-state index contributed by atoms with van der Waals surface area (Å²) in [6.07, 6.45) is -2.17. The van der Waals surface area contributed by atoms with E-state index >= 15 is 0 Å². The zero-order valence-corrected chi connectivity index (χ0v) is 21.9. The number of anilines is 1. The number of carbonyl (C=O) groups excluding carboxylic acids is 4. The molecule has 0 aliphatic carbocycles. The summed E-state index contributed by atoms with van der Waals surface area (Å²) in [7, 11) is -3.09. The van der Waals surface area contributed by atoms with Gasteiger partial charge in [-0.15, -0.1) is 12.4 Å². The molecule has 2 aliphatic rings. The van der Waals surface area contributed by atoms with E-state index in [1.54, 1.807) is 0 Å². The molecular formula is C22H29ClFN3O9S. The number of hydrogen-bond acceptors (Lipinski definition) is 10. The van der Waals surface area contributed by atoms with Crippen molar-refractivity contribution in [3.63, 3.8) is 0 Å². The number of carbonyl (C=O) groups is 4. The lowest BCUT2D eigenvalue weighted by Crippen LogP contribution is -2.42. The number of amides is 3. The number of sulfone groups is 1. The first kappa shape index (κ1) is 30.3. The molecule has 2 heterocycles. The molecule has 206 valence electrons. The van der Waals surface area contributed by atoms with Gasteiger partial charge in [0.2, 0.25) is 12.7 Å². The Balaban J connectivity index is 0.00000481. The van der Waals surface area contributed by atoms with E-state index in [2.05, 4.69) is 4.74 Å². The summed E-state index contributed by atoms with van der Waals surface area (Å²) in [6, 6.07) is 3.31. The van der Waals surface area contributed by atoms with Gasteiger partial charge in [0.1, 0.15) is 27.8 Å². The second-order valence-electron chi connectivity index (χ2n) is 8.66. The number of rotatable bonds is 7. The number of imide groups is 1. The van der Waals surface area contributed by atoms with Crippen LogP contribution < -0.4 is 10.6 Å². The van der Waals surface area contributed by atoms with Gasteiger partial charge in [0.25, 0.3) is 0 Å². The van der Waals surface area contributed by atoms with Crippen molar-refractivity contribution in [2.75, 3.05) is 36.3 Å². The molecular weight excluding hydrogens is 537 g/mol. The normalized spacial score (nSPS) is 19.8. The predicted octanol–water partition coefficient (Wildman–Crippen LogP) is 1.70. The highest BCUT2D eigenvalue weighted by molar-refractivity contribution is 7.91. The van der Waals surface area contributed by atoms with Crippen LogP contribution in [0.2, 0.25) is 0 Å². The standard InChI is InChI=1S/C22H28FN3O9S.ClH/c1-13(24)20(28)33-12-34-21(29)25(14(2)27)10-17-11-26(22(30)35-17)16-3-4-18(19(23)9-16)15-5-7-36(31,32)8-6-15;/h3-4,9,13,15,17H,5-8,10-12,24H2,1-2H3;1H/t13-,17-;/m0./s1. The van der Waals surface area contributed by atoms with Crippen molar-refractivity contribution in [3.8, 4) is 0 Å². The Kier molecular flexibility index (Phi) is 10.2. The molecule has 3 rings (SSSR count). The van der Waals surface area contributed by atoms with Gasteiger partial charge in [-0.3, -0.25) is 14.5 Å². The Morgan fingerprint density at radius 2 is 1.89 bits per heavy atom. The number of halogens is 2. The van der Waals surface area contributed by atoms with E-state index in [1.165, 1.54) is 25.1 Å². The molecule has 2 N–H and O–H groups in total. The molecule has 12 nitrogen and oxygen atoms in total. The van der Waals surface area contributed by atoms with Crippen LogP contribution in [-0.4, -0.2) is 80.9 Å². The summed E-state index contributed by atoms with van der Waals surface area (Å²) in [6.45, 7) is 1.32. The molecule has 3 amide bonds. The highest BCUT2D eigenvalue weighted by Gasteiger charge is 2.36. The summed E-state index contributed by atoms with van der Waals surface area (Å²) < 4.78 is 52.8. The van der Waals surface area contributed by atoms with Gasteiger partial charge in [0, 0.05) is 6.92 Å². The molecule has 0 saturated carbocycles. The second kappa shape index (κ2) is 12.5. The van der Waals surface area contributed by atoms with E-state index in [1.807, 2.05) is 0 Å². The molecule has 0 radical (unpaired) electrons. The molecule has 37 heavy (non-hydrogen) atoms. The number of ether oxygens (including phenoxy) is 3. The van der Waals surface area contributed by atoms with Crippen LogP contribution in [0.3, 0.4) is 0 Å². The average Bonchev–Trinajstić information content (AvgIpc) is 3.17. The number of cyclic esters (lactones) is 1. The van der Waals surface area contributed by atoms with Crippen molar-refractivity contribution in [2.24, 2.45) is 5.73 Å².